The van der Waals surface area contributed by atoms with Crippen molar-refractivity contribution in [2.75, 3.05) is 10.6 Å². The van der Waals surface area contributed by atoms with Gasteiger partial charge in [0.1, 0.15) is 0 Å². The molecule has 2 aromatic carbocycles. The average molecular weight is 596 g/mol. The second-order valence-corrected chi connectivity index (χ2v) is 16.5. The number of benzene rings is 2. The van der Waals surface area contributed by atoms with E-state index in [0.29, 0.717) is 0 Å². The highest BCUT2D eigenvalue weighted by atomic mass is 32.2. The Kier molecular flexibility index (Phi) is 8.65. The van der Waals surface area contributed by atoms with Crippen molar-refractivity contribution in [2.45, 2.75) is 20.8 Å². The van der Waals surface area contributed by atoms with Crippen LogP contribution in [0.5, 0.6) is 0 Å². The molecule has 0 heterocycles. The maximum Gasteiger partial charge on any atom is 0.360 e. The van der Waals surface area contributed by atoms with Crippen molar-refractivity contribution in [1.82, 2.24) is 0 Å². The Bertz CT molecular complexity index is 1210. The Balaban J connectivity index is 2.28. The zero-order valence-electron chi connectivity index (χ0n) is 17.0. The molecule has 0 atom stereocenters. The molecule has 0 unspecified atom stereocenters. The predicted octanol–water partition coefficient (Wildman–Crippen LogP) is 0.621. The number of anilines is 2. The zero-order chi connectivity index (χ0) is 27.0. The number of hydrogen-bond acceptors (Lipinski definition) is 8. The summed E-state index contributed by atoms with van der Waals surface area (Å²) in [5.74, 6) is 0. The quantitative estimate of drug-likeness (QED) is 0.168. The van der Waals surface area contributed by atoms with Gasteiger partial charge in [0.2, 0.25) is 20.9 Å². The molecule has 196 valence electrons. The predicted molar refractivity (Wildman–Crippen MR) is 121 cm³/mol. The van der Waals surface area contributed by atoms with E-state index in [1.807, 2.05) is 10.6 Å². The summed E-state index contributed by atoms with van der Waals surface area (Å²) in [7, 11) is -25.4. The van der Waals surface area contributed by atoms with Gasteiger partial charge in [-0.1, -0.05) is 0 Å². The lowest BCUT2D eigenvalue weighted by Crippen LogP contribution is -2.20. The molecule has 0 fully saturated rings. The van der Waals surface area contributed by atoms with Crippen LogP contribution in [-0.4, -0.2) is 58.6 Å². The van der Waals surface area contributed by atoms with Crippen molar-refractivity contribution >= 4 is 51.6 Å². The van der Waals surface area contributed by atoms with Gasteiger partial charge < -0.3 is 49.8 Å². The van der Waals surface area contributed by atoms with E-state index >= 15 is 0 Å². The molecule has 2 aromatic rings. The molecule has 21 heteroatoms. The van der Waals surface area contributed by atoms with Crippen molar-refractivity contribution in [3.05, 3.63) is 48.5 Å². The van der Waals surface area contributed by atoms with Crippen molar-refractivity contribution in [3.8, 4) is 0 Å². The second-order valence-electron chi connectivity index (χ2n) is 6.94. The number of hydrogen-bond donors (Lipinski definition) is 10. The van der Waals surface area contributed by atoms with Crippen LogP contribution in [0.2, 0.25) is 0 Å². The summed E-state index contributed by atoms with van der Waals surface area (Å²) in [4.78, 5) is 72.5. The minimum atomic E-state index is -5.29. The molecule has 10 N–H and O–H groups in total. The lowest BCUT2D eigenvalue weighted by atomic mass is 10.3. The number of nitrogens with one attached hydrogen (secondary N) is 2. The Morgan fingerprint density at radius 2 is 0.743 bits per heavy atom. The SMILES string of the molecule is O=P(O)(O)C(Nc1ccc(S(=O)(=O)c2ccc(NC(P(=O)(O)O)P(=O)(O)O)cc2)cc1)P(=O)(O)O. The first kappa shape index (κ1) is 29.8. The van der Waals surface area contributed by atoms with Crippen LogP contribution in [0.3, 0.4) is 0 Å². The number of rotatable bonds is 10. The molecule has 0 saturated carbocycles. The zero-order valence-corrected chi connectivity index (χ0v) is 21.4. The van der Waals surface area contributed by atoms with Crippen molar-refractivity contribution in [3.63, 3.8) is 0 Å². The van der Waals surface area contributed by atoms with Gasteiger partial charge in [-0.25, -0.2) is 8.42 Å². The summed E-state index contributed by atoms with van der Waals surface area (Å²) in [5.41, 5.74) is -5.52. The van der Waals surface area contributed by atoms with Crippen LogP contribution < -0.4 is 10.6 Å². The van der Waals surface area contributed by atoms with E-state index in [-0.39, 0.29) is 21.2 Å². The van der Waals surface area contributed by atoms with Crippen molar-refractivity contribution in [1.29, 1.82) is 0 Å². The first-order valence-corrected chi connectivity index (χ1v) is 17.0. The van der Waals surface area contributed by atoms with Crippen LogP contribution in [0.15, 0.2) is 58.3 Å². The molecule has 0 saturated heterocycles. The van der Waals surface area contributed by atoms with E-state index in [2.05, 4.69) is 0 Å². The van der Waals surface area contributed by atoms with Crippen molar-refractivity contribution in [2.24, 2.45) is 0 Å². The highest BCUT2D eigenvalue weighted by Crippen LogP contribution is 2.60. The van der Waals surface area contributed by atoms with Crippen LogP contribution >= 0.6 is 30.4 Å². The summed E-state index contributed by atoms with van der Waals surface area (Å²) >= 11 is 0. The monoisotopic (exact) mass is 596 g/mol. The maximum atomic E-state index is 12.8. The van der Waals surface area contributed by atoms with Gasteiger partial charge in [-0.05, 0) is 48.5 Å². The first-order chi connectivity index (χ1) is 15.6. The summed E-state index contributed by atoms with van der Waals surface area (Å²) in [6.45, 7) is 0. The molecule has 0 aromatic heterocycles. The fraction of sp³-hybridized carbons (Fsp3) is 0.143. The van der Waals surface area contributed by atoms with Gasteiger partial charge >= 0.3 is 30.4 Å². The normalized spacial score (nSPS) is 13.8. The lowest BCUT2D eigenvalue weighted by Gasteiger charge is -2.22. The fourth-order valence-corrected chi connectivity index (χ4v) is 8.29. The highest BCUT2D eigenvalue weighted by Gasteiger charge is 2.44. The molecule has 35 heavy (non-hydrogen) atoms. The summed E-state index contributed by atoms with van der Waals surface area (Å²) in [6.07, 6.45) is 0. The Hall–Kier alpha value is -1.41. The molecular weight excluding hydrogens is 576 g/mol. The van der Waals surface area contributed by atoms with Gasteiger partial charge in [0.15, 0.2) is 0 Å². The van der Waals surface area contributed by atoms with E-state index in [1.165, 1.54) is 0 Å². The highest BCUT2D eigenvalue weighted by molar-refractivity contribution is 7.91. The average Bonchev–Trinajstić information content (AvgIpc) is 2.67. The molecular formula is C14H20N2O14P4S. The molecule has 0 bridgehead atoms. The van der Waals surface area contributed by atoms with E-state index in [1.54, 1.807) is 0 Å². The van der Waals surface area contributed by atoms with Crippen LogP contribution in [0, 0.1) is 0 Å². The van der Waals surface area contributed by atoms with Gasteiger partial charge in [0.25, 0.3) is 0 Å². The van der Waals surface area contributed by atoms with Gasteiger partial charge in [0.05, 0.1) is 9.79 Å². The maximum absolute atomic E-state index is 12.8. The van der Waals surface area contributed by atoms with E-state index in [4.69, 9.17) is 39.1 Å². The molecule has 0 aliphatic rings. The second kappa shape index (κ2) is 10.2. The number of sulfone groups is 1. The van der Waals surface area contributed by atoms with Gasteiger partial charge in [-0.15, -0.1) is 0 Å². The molecule has 0 radical (unpaired) electrons. The smallest absolute Gasteiger partial charge is 0.360 e. The van der Waals surface area contributed by atoms with Crippen LogP contribution in [0.4, 0.5) is 11.4 Å². The molecule has 2 rings (SSSR count). The van der Waals surface area contributed by atoms with Crippen molar-refractivity contribution < 1.29 is 65.8 Å². The van der Waals surface area contributed by atoms with Crippen LogP contribution in [0.1, 0.15) is 0 Å². The summed E-state index contributed by atoms with van der Waals surface area (Å²) < 4.78 is 71.0. The third-order valence-electron chi connectivity index (χ3n) is 4.20. The first-order valence-electron chi connectivity index (χ1n) is 8.82. The summed E-state index contributed by atoms with van der Waals surface area (Å²) in [5, 5.41) is 3.94. The Morgan fingerprint density at radius 3 is 0.943 bits per heavy atom. The van der Waals surface area contributed by atoms with Crippen LogP contribution in [0.25, 0.3) is 0 Å². The van der Waals surface area contributed by atoms with Gasteiger partial charge in [-0.2, -0.15) is 0 Å². The summed E-state index contributed by atoms with van der Waals surface area (Å²) in [6, 6.07) is 7.96. The third-order valence-corrected chi connectivity index (χ3v) is 12.7. The Morgan fingerprint density at radius 1 is 0.514 bits per heavy atom. The van der Waals surface area contributed by atoms with E-state index < -0.39 is 51.3 Å². The molecule has 16 nitrogen and oxygen atoms in total. The van der Waals surface area contributed by atoms with Gasteiger partial charge in [0, 0.05) is 11.4 Å². The largest absolute Gasteiger partial charge is 0.362 e. The minimum Gasteiger partial charge on any atom is -0.362 e. The van der Waals surface area contributed by atoms with Gasteiger partial charge in [-0.3, -0.25) is 18.3 Å². The fourth-order valence-electron chi connectivity index (χ4n) is 2.62. The van der Waals surface area contributed by atoms with Crippen LogP contribution in [-0.2, 0) is 28.1 Å². The molecule has 0 aliphatic carbocycles. The topological polar surface area (TPSA) is 288 Å². The molecule has 0 amide bonds. The van der Waals surface area contributed by atoms with E-state index in [9.17, 15) is 26.7 Å². The molecule has 0 aliphatic heterocycles. The minimum absolute atomic E-state index is 0.207. The third kappa shape index (κ3) is 7.78. The molecule has 0 spiro atoms. The lowest BCUT2D eigenvalue weighted by molar-refractivity contribution is 0.339. The standard InChI is InChI=1S/C14H20N2O14P4S/c17-31(18,19)13(32(20,21)22)15-9-1-5-11(6-2-9)35(29,30)12-7-3-10(4-8-12)16-14(33(23,24)25)34(26,27)28/h1-8,13-16H,(H2,17,18,19)(H2,20,21,22)(H2,23,24,25)(H2,26,27,28). The Labute approximate surface area is 197 Å². The van der Waals surface area contributed by atoms with E-state index in [0.717, 1.165) is 48.5 Å².